The van der Waals surface area contributed by atoms with Crippen LogP contribution >= 0.6 is 0 Å². The van der Waals surface area contributed by atoms with Crippen molar-refractivity contribution in [2.24, 2.45) is 0 Å². The Morgan fingerprint density at radius 3 is 2.67 bits per heavy atom. The molecule has 1 saturated heterocycles. The van der Waals surface area contributed by atoms with Gasteiger partial charge in [-0.05, 0) is 31.5 Å². The molecule has 0 unspecified atom stereocenters. The van der Waals surface area contributed by atoms with Gasteiger partial charge in [0.15, 0.2) is 11.6 Å². The van der Waals surface area contributed by atoms with E-state index in [1.807, 2.05) is 30.3 Å². The number of ether oxygens (including phenoxy) is 3. The van der Waals surface area contributed by atoms with Crippen molar-refractivity contribution in [3.05, 3.63) is 65.5 Å². The predicted octanol–water partition coefficient (Wildman–Crippen LogP) is 3.74. The molecule has 5 heteroatoms. The Labute approximate surface area is 140 Å². The van der Waals surface area contributed by atoms with Crippen molar-refractivity contribution in [1.29, 1.82) is 0 Å². The molecule has 0 spiro atoms. The smallest absolute Gasteiger partial charge is 0.194 e. The topological polar surface area (TPSA) is 44.8 Å². The first kappa shape index (κ1) is 16.6. The molecule has 3 rings (SSSR count). The van der Waals surface area contributed by atoms with Crippen LogP contribution < -0.4 is 4.74 Å². The number of hydrogen-bond acceptors (Lipinski definition) is 4. The molecule has 24 heavy (non-hydrogen) atoms. The van der Waals surface area contributed by atoms with Crippen LogP contribution in [0.5, 0.6) is 5.75 Å². The third-order valence-corrected chi connectivity index (χ3v) is 3.70. The molecule has 0 aliphatic carbocycles. The van der Waals surface area contributed by atoms with Gasteiger partial charge in [-0.25, -0.2) is 4.39 Å². The monoisotopic (exact) mass is 330 g/mol. The Hall–Kier alpha value is -2.24. The predicted molar refractivity (Wildman–Crippen MR) is 86.4 cm³/mol. The summed E-state index contributed by atoms with van der Waals surface area (Å²) < 4.78 is 30.4. The van der Waals surface area contributed by atoms with Crippen molar-refractivity contribution in [3.8, 4) is 5.75 Å². The fourth-order valence-electron chi connectivity index (χ4n) is 2.53. The van der Waals surface area contributed by atoms with Crippen molar-refractivity contribution >= 4 is 5.78 Å². The molecule has 0 saturated carbocycles. The lowest BCUT2D eigenvalue weighted by molar-refractivity contribution is -0.133. The van der Waals surface area contributed by atoms with E-state index in [0.29, 0.717) is 12.4 Å². The molecular formula is C19H19FO4. The van der Waals surface area contributed by atoms with E-state index < -0.39 is 17.7 Å². The first-order valence-corrected chi connectivity index (χ1v) is 7.76. The van der Waals surface area contributed by atoms with Crippen molar-refractivity contribution < 1.29 is 23.4 Å². The van der Waals surface area contributed by atoms with Crippen LogP contribution in [-0.2, 0) is 16.1 Å². The number of ketones is 1. The largest absolute Gasteiger partial charge is 0.489 e. The molecule has 1 aliphatic rings. The van der Waals surface area contributed by atoms with Crippen molar-refractivity contribution in [2.75, 3.05) is 6.61 Å². The second-order valence-electron chi connectivity index (χ2n) is 6.13. The Kier molecular flexibility index (Phi) is 4.64. The number of Topliss-reactive ketones (excluding diaryl/α,β-unsaturated/α-hetero) is 1. The molecule has 1 fully saturated rings. The van der Waals surface area contributed by atoms with E-state index >= 15 is 0 Å². The molecule has 0 bridgehead atoms. The normalized spacial score (nSPS) is 19.2. The molecule has 2 aromatic carbocycles. The summed E-state index contributed by atoms with van der Waals surface area (Å²) in [5.41, 5.74) is 1.17. The van der Waals surface area contributed by atoms with E-state index in [9.17, 15) is 9.18 Å². The summed E-state index contributed by atoms with van der Waals surface area (Å²) in [4.78, 5) is 12.5. The number of benzene rings is 2. The van der Waals surface area contributed by atoms with Crippen LogP contribution in [0.3, 0.4) is 0 Å². The van der Waals surface area contributed by atoms with Gasteiger partial charge in [0.2, 0.25) is 0 Å². The van der Waals surface area contributed by atoms with Crippen LogP contribution in [-0.4, -0.2) is 24.3 Å². The summed E-state index contributed by atoms with van der Waals surface area (Å²) in [6.07, 6.45) is -0.733. The molecule has 126 valence electrons. The Balaban J connectivity index is 1.73. The fourth-order valence-corrected chi connectivity index (χ4v) is 2.53. The van der Waals surface area contributed by atoms with Crippen molar-refractivity contribution in [2.45, 2.75) is 32.3 Å². The maximum Gasteiger partial charge on any atom is 0.194 e. The summed E-state index contributed by atoms with van der Waals surface area (Å²) in [6.45, 7) is 3.93. The zero-order chi connectivity index (χ0) is 17.2. The third-order valence-electron chi connectivity index (χ3n) is 3.70. The van der Waals surface area contributed by atoms with Crippen LogP contribution in [0.2, 0.25) is 0 Å². The summed E-state index contributed by atoms with van der Waals surface area (Å²) in [7, 11) is 0. The fraction of sp³-hybridized carbons (Fsp3) is 0.316. The highest BCUT2D eigenvalue weighted by Gasteiger charge is 2.37. The minimum atomic E-state index is -0.805. The van der Waals surface area contributed by atoms with Gasteiger partial charge in [0.25, 0.3) is 0 Å². The summed E-state index contributed by atoms with van der Waals surface area (Å²) >= 11 is 0. The standard InChI is InChI=1S/C19H19FO4/c1-19(2)23-12-17(24-19)18(21)14-8-15(20)10-16(9-14)22-11-13-6-4-3-5-7-13/h3-10,17H,11-12H2,1-2H3/t17-/m1/s1. The Bertz CT molecular complexity index is 727. The van der Waals surface area contributed by atoms with E-state index in [0.717, 1.165) is 5.56 Å². The number of hydrogen-bond donors (Lipinski definition) is 0. The van der Waals surface area contributed by atoms with E-state index in [1.165, 1.54) is 18.2 Å². The second kappa shape index (κ2) is 6.71. The molecule has 4 nitrogen and oxygen atoms in total. The van der Waals surface area contributed by atoms with E-state index in [-0.39, 0.29) is 18.0 Å². The minimum absolute atomic E-state index is 0.155. The molecule has 2 aromatic rings. The first-order chi connectivity index (χ1) is 11.4. The number of carbonyl (C=O) groups is 1. The molecule has 1 aliphatic heterocycles. The minimum Gasteiger partial charge on any atom is -0.489 e. The van der Waals surface area contributed by atoms with Gasteiger partial charge in [0.05, 0.1) is 6.61 Å². The molecule has 1 heterocycles. The van der Waals surface area contributed by atoms with Gasteiger partial charge in [0, 0.05) is 11.6 Å². The first-order valence-electron chi connectivity index (χ1n) is 7.76. The average Bonchev–Trinajstić information content (AvgIpc) is 2.93. The number of carbonyl (C=O) groups excluding carboxylic acids is 1. The van der Waals surface area contributed by atoms with Crippen LogP contribution in [0.15, 0.2) is 48.5 Å². The lowest BCUT2D eigenvalue weighted by Crippen LogP contribution is -2.27. The zero-order valence-electron chi connectivity index (χ0n) is 13.6. The van der Waals surface area contributed by atoms with Gasteiger partial charge in [-0.15, -0.1) is 0 Å². The van der Waals surface area contributed by atoms with Gasteiger partial charge in [-0.3, -0.25) is 4.79 Å². The lowest BCUT2D eigenvalue weighted by atomic mass is 10.1. The highest BCUT2D eigenvalue weighted by Crippen LogP contribution is 2.26. The average molecular weight is 330 g/mol. The van der Waals surface area contributed by atoms with Crippen LogP contribution in [0, 0.1) is 5.82 Å². The van der Waals surface area contributed by atoms with Gasteiger partial charge >= 0.3 is 0 Å². The number of halogens is 1. The molecule has 1 atom stereocenters. The molecular weight excluding hydrogens is 311 g/mol. The Morgan fingerprint density at radius 1 is 1.25 bits per heavy atom. The van der Waals surface area contributed by atoms with E-state index in [4.69, 9.17) is 14.2 Å². The highest BCUT2D eigenvalue weighted by atomic mass is 19.1. The highest BCUT2D eigenvalue weighted by molar-refractivity contribution is 6.00. The molecule has 0 N–H and O–H groups in total. The number of rotatable bonds is 5. The quantitative estimate of drug-likeness (QED) is 0.784. The summed E-state index contributed by atoms with van der Waals surface area (Å²) in [6, 6.07) is 13.5. The molecule has 0 amide bonds. The SMILES string of the molecule is CC1(C)OC[C@H](C(=O)c2cc(F)cc(OCc3ccccc3)c2)O1. The maximum absolute atomic E-state index is 13.8. The van der Waals surface area contributed by atoms with Gasteiger partial charge in [0.1, 0.15) is 24.3 Å². The van der Waals surface area contributed by atoms with Crippen molar-refractivity contribution in [3.63, 3.8) is 0 Å². The van der Waals surface area contributed by atoms with E-state index in [1.54, 1.807) is 13.8 Å². The lowest BCUT2D eigenvalue weighted by Gasteiger charge is -2.16. The molecule has 0 radical (unpaired) electrons. The van der Waals surface area contributed by atoms with E-state index in [2.05, 4.69) is 0 Å². The third kappa shape index (κ3) is 3.99. The molecule has 0 aromatic heterocycles. The van der Waals surface area contributed by atoms with Crippen LogP contribution in [0.25, 0.3) is 0 Å². The van der Waals surface area contributed by atoms with Gasteiger partial charge < -0.3 is 14.2 Å². The maximum atomic E-state index is 13.8. The van der Waals surface area contributed by atoms with Gasteiger partial charge in [-0.2, -0.15) is 0 Å². The second-order valence-corrected chi connectivity index (χ2v) is 6.13. The van der Waals surface area contributed by atoms with Crippen LogP contribution in [0.4, 0.5) is 4.39 Å². The van der Waals surface area contributed by atoms with Crippen molar-refractivity contribution in [1.82, 2.24) is 0 Å². The van der Waals surface area contributed by atoms with Crippen LogP contribution in [0.1, 0.15) is 29.8 Å². The summed E-state index contributed by atoms with van der Waals surface area (Å²) in [5, 5.41) is 0. The van der Waals surface area contributed by atoms with Gasteiger partial charge in [-0.1, -0.05) is 30.3 Å². The Morgan fingerprint density at radius 2 is 2.00 bits per heavy atom. The zero-order valence-corrected chi connectivity index (χ0v) is 13.6. The summed E-state index contributed by atoms with van der Waals surface area (Å²) in [5.74, 6) is -1.34.